The van der Waals surface area contributed by atoms with E-state index in [1.165, 1.54) is 6.92 Å². The molecule has 0 aromatic heterocycles. The first kappa shape index (κ1) is 14.3. The summed E-state index contributed by atoms with van der Waals surface area (Å²) < 4.78 is 4.62. The van der Waals surface area contributed by atoms with E-state index in [0.717, 1.165) is 6.08 Å². The molecule has 0 heterocycles. The van der Waals surface area contributed by atoms with Gasteiger partial charge in [-0.15, -0.1) is 0 Å². The third kappa shape index (κ3) is 6.74. The van der Waals surface area contributed by atoms with Gasteiger partial charge in [0.2, 0.25) is 0 Å². The molecule has 1 unspecified atom stereocenters. The van der Waals surface area contributed by atoms with E-state index in [4.69, 9.17) is 0 Å². The maximum Gasteiger partial charge on any atom is 0.365 e. The van der Waals surface area contributed by atoms with Gasteiger partial charge in [0.05, 0.1) is 0 Å². The van der Waals surface area contributed by atoms with Crippen LogP contribution < -0.4 is 0 Å². The van der Waals surface area contributed by atoms with Gasteiger partial charge in [-0.2, -0.15) is 4.89 Å². The maximum atomic E-state index is 10.9. The summed E-state index contributed by atoms with van der Waals surface area (Å²) in [6.07, 6.45) is -0.172. The van der Waals surface area contributed by atoms with Crippen LogP contribution in [0.1, 0.15) is 6.92 Å². The zero-order chi connectivity index (χ0) is 12.6. The SMILES string of the molecule is C=CC(=O)OOCC(O)COC(=O)C(=C)C. The standard InChI is InChI=1S/C10H14O6/c1-4-9(12)16-15-6-8(11)5-14-10(13)7(2)3/h4,8,11H,1-2,5-6H2,3H3. The average Bonchev–Trinajstić information content (AvgIpc) is 2.25. The molecule has 6 nitrogen and oxygen atoms in total. The number of carbonyl (C=O) groups excluding carboxylic acids is 2. The number of hydrogen-bond donors (Lipinski definition) is 1. The van der Waals surface area contributed by atoms with Gasteiger partial charge in [0.1, 0.15) is 19.3 Å². The number of carbonyl (C=O) groups is 2. The zero-order valence-corrected chi connectivity index (χ0v) is 8.97. The normalized spacial score (nSPS) is 11.4. The Morgan fingerprint density at radius 2 is 2.06 bits per heavy atom. The van der Waals surface area contributed by atoms with E-state index in [1.807, 2.05) is 0 Å². The van der Waals surface area contributed by atoms with Crippen LogP contribution in [-0.2, 0) is 24.1 Å². The van der Waals surface area contributed by atoms with Crippen LogP contribution >= 0.6 is 0 Å². The predicted molar refractivity (Wildman–Crippen MR) is 54.0 cm³/mol. The lowest BCUT2D eigenvalue weighted by Crippen LogP contribution is -2.24. The van der Waals surface area contributed by atoms with Crippen LogP contribution in [0.4, 0.5) is 0 Å². The topological polar surface area (TPSA) is 82.1 Å². The molecule has 0 aliphatic rings. The fraction of sp³-hybridized carbons (Fsp3) is 0.400. The molecular formula is C10H14O6. The van der Waals surface area contributed by atoms with Crippen LogP contribution in [0.3, 0.4) is 0 Å². The molecule has 0 amide bonds. The van der Waals surface area contributed by atoms with Crippen LogP contribution in [0.5, 0.6) is 0 Å². The minimum Gasteiger partial charge on any atom is -0.459 e. The number of aliphatic hydroxyl groups is 1. The fourth-order valence-electron chi connectivity index (χ4n) is 0.548. The van der Waals surface area contributed by atoms with E-state index in [9.17, 15) is 14.7 Å². The van der Waals surface area contributed by atoms with Gasteiger partial charge in [-0.25, -0.2) is 9.59 Å². The van der Waals surface area contributed by atoms with Gasteiger partial charge in [0.15, 0.2) is 0 Å². The highest BCUT2D eigenvalue weighted by atomic mass is 17.2. The van der Waals surface area contributed by atoms with Crippen molar-refractivity contribution in [2.24, 2.45) is 0 Å². The molecule has 0 saturated heterocycles. The lowest BCUT2D eigenvalue weighted by atomic mass is 10.3. The molecule has 0 aliphatic heterocycles. The molecule has 0 fully saturated rings. The molecule has 0 saturated carbocycles. The Balaban J connectivity index is 3.63. The van der Waals surface area contributed by atoms with Gasteiger partial charge in [0, 0.05) is 11.6 Å². The van der Waals surface area contributed by atoms with Crippen LogP contribution in [0.25, 0.3) is 0 Å². The first-order chi connectivity index (χ1) is 7.47. The first-order valence-electron chi connectivity index (χ1n) is 4.44. The Morgan fingerprint density at radius 3 is 2.56 bits per heavy atom. The minimum absolute atomic E-state index is 0.228. The van der Waals surface area contributed by atoms with Crippen LogP contribution in [0.15, 0.2) is 24.8 Å². The highest BCUT2D eigenvalue weighted by Gasteiger charge is 2.10. The fourth-order valence-corrected chi connectivity index (χ4v) is 0.548. The third-order valence-corrected chi connectivity index (χ3v) is 1.32. The van der Waals surface area contributed by atoms with Crippen molar-refractivity contribution < 1.29 is 29.2 Å². The number of hydrogen-bond acceptors (Lipinski definition) is 6. The van der Waals surface area contributed by atoms with Crippen molar-refractivity contribution in [2.75, 3.05) is 13.2 Å². The minimum atomic E-state index is -1.08. The van der Waals surface area contributed by atoms with E-state index in [-0.39, 0.29) is 18.8 Å². The smallest absolute Gasteiger partial charge is 0.365 e. The molecular weight excluding hydrogens is 216 g/mol. The molecule has 90 valence electrons. The predicted octanol–water partition coefficient (Wildman–Crippen LogP) is 0.127. The highest BCUT2D eigenvalue weighted by molar-refractivity contribution is 5.86. The summed E-state index contributed by atoms with van der Waals surface area (Å²) in [4.78, 5) is 29.9. The van der Waals surface area contributed by atoms with Gasteiger partial charge < -0.3 is 9.84 Å². The van der Waals surface area contributed by atoms with E-state index < -0.39 is 18.0 Å². The summed E-state index contributed by atoms with van der Waals surface area (Å²) in [5.41, 5.74) is 0.228. The average molecular weight is 230 g/mol. The second kappa shape index (κ2) is 7.61. The largest absolute Gasteiger partial charge is 0.459 e. The van der Waals surface area contributed by atoms with Crippen molar-refractivity contribution in [3.05, 3.63) is 24.8 Å². The summed E-state index contributed by atoms with van der Waals surface area (Å²) in [5, 5.41) is 9.22. The molecule has 1 atom stereocenters. The summed E-state index contributed by atoms with van der Waals surface area (Å²) in [6, 6.07) is 0. The zero-order valence-electron chi connectivity index (χ0n) is 8.97. The van der Waals surface area contributed by atoms with Gasteiger partial charge in [-0.3, -0.25) is 4.89 Å². The second-order valence-electron chi connectivity index (χ2n) is 2.92. The number of aliphatic hydroxyl groups excluding tert-OH is 1. The molecule has 0 aromatic rings. The highest BCUT2D eigenvalue weighted by Crippen LogP contribution is 1.95. The van der Waals surface area contributed by atoms with E-state index in [2.05, 4.69) is 27.7 Å². The van der Waals surface area contributed by atoms with Gasteiger partial charge in [0.25, 0.3) is 0 Å². The van der Waals surface area contributed by atoms with Gasteiger partial charge >= 0.3 is 11.9 Å². The molecule has 6 heteroatoms. The maximum absolute atomic E-state index is 10.9. The van der Waals surface area contributed by atoms with Crippen molar-refractivity contribution in [1.82, 2.24) is 0 Å². The van der Waals surface area contributed by atoms with Crippen molar-refractivity contribution >= 4 is 11.9 Å². The summed E-state index contributed by atoms with van der Waals surface area (Å²) >= 11 is 0. The van der Waals surface area contributed by atoms with Gasteiger partial charge in [-0.1, -0.05) is 13.2 Å². The van der Waals surface area contributed by atoms with Crippen LogP contribution in [-0.4, -0.2) is 36.4 Å². The Kier molecular flexibility index (Phi) is 6.82. The summed E-state index contributed by atoms with van der Waals surface area (Å²) in [6.45, 7) is 7.42. The molecule has 0 bridgehead atoms. The Bertz CT molecular complexity index is 283. The number of esters is 1. The molecule has 0 spiro atoms. The molecule has 0 aromatic carbocycles. The van der Waals surface area contributed by atoms with Crippen molar-refractivity contribution in [2.45, 2.75) is 13.0 Å². The monoisotopic (exact) mass is 230 g/mol. The third-order valence-electron chi connectivity index (χ3n) is 1.32. The Morgan fingerprint density at radius 1 is 1.44 bits per heavy atom. The van der Waals surface area contributed by atoms with E-state index in [0.29, 0.717) is 0 Å². The first-order valence-corrected chi connectivity index (χ1v) is 4.44. The van der Waals surface area contributed by atoms with Gasteiger partial charge in [-0.05, 0) is 6.92 Å². The Labute approximate surface area is 93.0 Å². The number of rotatable bonds is 7. The van der Waals surface area contributed by atoms with Crippen molar-refractivity contribution in [3.63, 3.8) is 0 Å². The van der Waals surface area contributed by atoms with Crippen LogP contribution in [0, 0.1) is 0 Å². The quantitative estimate of drug-likeness (QED) is 0.290. The lowest BCUT2D eigenvalue weighted by Gasteiger charge is -2.10. The van der Waals surface area contributed by atoms with E-state index in [1.54, 1.807) is 0 Å². The van der Waals surface area contributed by atoms with Crippen molar-refractivity contribution in [3.8, 4) is 0 Å². The molecule has 0 aliphatic carbocycles. The summed E-state index contributed by atoms with van der Waals surface area (Å²) in [5.74, 6) is -1.38. The molecule has 16 heavy (non-hydrogen) atoms. The second-order valence-corrected chi connectivity index (χ2v) is 2.92. The molecule has 1 N–H and O–H groups in total. The Hall–Kier alpha value is -1.66. The van der Waals surface area contributed by atoms with Crippen LogP contribution in [0.2, 0.25) is 0 Å². The van der Waals surface area contributed by atoms with Crippen molar-refractivity contribution in [1.29, 1.82) is 0 Å². The lowest BCUT2D eigenvalue weighted by molar-refractivity contribution is -0.278. The molecule has 0 rings (SSSR count). The summed E-state index contributed by atoms with van der Waals surface area (Å²) in [7, 11) is 0. The number of ether oxygens (including phenoxy) is 1. The van der Waals surface area contributed by atoms with E-state index >= 15 is 0 Å². The molecule has 0 radical (unpaired) electrons.